The molecule has 0 radical (unpaired) electrons. The lowest BCUT2D eigenvalue weighted by molar-refractivity contribution is -0.119. The van der Waals surface area contributed by atoms with E-state index in [-0.39, 0.29) is 18.6 Å². The van der Waals surface area contributed by atoms with Crippen LogP contribution < -0.4 is 10.5 Å². The van der Waals surface area contributed by atoms with Crippen LogP contribution in [0, 0.1) is 0 Å². The summed E-state index contributed by atoms with van der Waals surface area (Å²) in [5.41, 5.74) is 6.39. The Bertz CT molecular complexity index is 495. The molecule has 22 heavy (non-hydrogen) atoms. The Hall–Kier alpha value is -1.63. The molecule has 1 amide bonds. The summed E-state index contributed by atoms with van der Waals surface area (Å²) >= 11 is 0. The number of amides is 1. The molecule has 1 aliphatic heterocycles. The van der Waals surface area contributed by atoms with Crippen LogP contribution in [-0.2, 0) is 16.1 Å². The van der Waals surface area contributed by atoms with Crippen molar-refractivity contribution in [1.29, 1.82) is 0 Å². The van der Waals surface area contributed by atoms with Crippen molar-refractivity contribution in [3.63, 3.8) is 0 Å². The summed E-state index contributed by atoms with van der Waals surface area (Å²) in [6, 6.07) is 8.07. The first-order valence-electron chi connectivity index (χ1n) is 7.51. The van der Waals surface area contributed by atoms with Crippen LogP contribution in [0.4, 0.5) is 0 Å². The Morgan fingerprint density at radius 2 is 2.27 bits per heavy atom. The summed E-state index contributed by atoms with van der Waals surface area (Å²) in [5, 5.41) is 0. The van der Waals surface area contributed by atoms with Gasteiger partial charge in [0.15, 0.2) is 0 Å². The fourth-order valence-corrected chi connectivity index (χ4v) is 2.79. The molecule has 2 rings (SSSR count). The van der Waals surface area contributed by atoms with Crippen LogP contribution in [0.3, 0.4) is 0 Å². The number of ether oxygens (including phenoxy) is 2. The molecular weight excluding hydrogens is 282 g/mol. The van der Waals surface area contributed by atoms with Gasteiger partial charge in [0.05, 0.1) is 26.4 Å². The number of morpholine rings is 1. The number of hydrogen-bond donors (Lipinski definition) is 1. The number of para-hydroxylation sites is 1. The number of primary amides is 1. The molecule has 122 valence electrons. The summed E-state index contributed by atoms with van der Waals surface area (Å²) < 4.78 is 11.2. The highest BCUT2D eigenvalue weighted by molar-refractivity contribution is 5.75. The van der Waals surface area contributed by atoms with Gasteiger partial charge in [-0.1, -0.05) is 18.2 Å². The smallest absolute Gasteiger partial charge is 0.231 e. The van der Waals surface area contributed by atoms with Crippen molar-refractivity contribution < 1.29 is 14.3 Å². The van der Waals surface area contributed by atoms with E-state index in [4.69, 9.17) is 15.2 Å². The van der Waals surface area contributed by atoms with Gasteiger partial charge in [0.25, 0.3) is 0 Å². The Morgan fingerprint density at radius 1 is 1.50 bits per heavy atom. The number of nitrogens with zero attached hydrogens (tertiary/aromatic N) is 2. The van der Waals surface area contributed by atoms with Crippen molar-refractivity contribution in [2.45, 2.75) is 12.6 Å². The van der Waals surface area contributed by atoms with E-state index in [1.165, 1.54) is 5.56 Å². The molecule has 0 bridgehead atoms. The van der Waals surface area contributed by atoms with Gasteiger partial charge in [-0.25, -0.2) is 0 Å². The zero-order valence-electron chi connectivity index (χ0n) is 13.3. The molecule has 6 nitrogen and oxygen atoms in total. The third-order valence-corrected chi connectivity index (χ3v) is 3.75. The van der Waals surface area contributed by atoms with Crippen LogP contribution in [0.5, 0.6) is 5.75 Å². The zero-order chi connectivity index (χ0) is 15.9. The maximum atomic E-state index is 10.9. The van der Waals surface area contributed by atoms with E-state index in [1.54, 1.807) is 7.11 Å². The van der Waals surface area contributed by atoms with Gasteiger partial charge in [0, 0.05) is 31.7 Å². The molecule has 0 spiro atoms. The second-order valence-electron chi connectivity index (χ2n) is 5.70. The minimum atomic E-state index is -0.316. The van der Waals surface area contributed by atoms with Crippen LogP contribution in [0.2, 0.25) is 0 Å². The molecule has 1 aromatic rings. The van der Waals surface area contributed by atoms with E-state index in [9.17, 15) is 4.79 Å². The van der Waals surface area contributed by atoms with E-state index >= 15 is 0 Å². The number of hydrogen-bond acceptors (Lipinski definition) is 5. The normalized spacial score (nSPS) is 19.3. The predicted octanol–water partition coefficient (Wildman–Crippen LogP) is 0.313. The van der Waals surface area contributed by atoms with Gasteiger partial charge in [0.2, 0.25) is 5.91 Å². The number of methoxy groups -OCH3 is 1. The van der Waals surface area contributed by atoms with E-state index in [1.807, 2.05) is 30.1 Å². The van der Waals surface area contributed by atoms with E-state index in [0.29, 0.717) is 13.2 Å². The molecule has 1 aromatic carbocycles. The lowest BCUT2D eigenvalue weighted by Gasteiger charge is -2.34. The highest BCUT2D eigenvalue weighted by Crippen LogP contribution is 2.20. The van der Waals surface area contributed by atoms with Crippen LogP contribution in [0.25, 0.3) is 0 Å². The summed E-state index contributed by atoms with van der Waals surface area (Å²) in [5.74, 6) is 0.598. The molecule has 1 heterocycles. The quantitative estimate of drug-likeness (QED) is 0.785. The topological polar surface area (TPSA) is 68.0 Å². The molecule has 1 atom stereocenters. The lowest BCUT2D eigenvalue weighted by atomic mass is 10.1. The second-order valence-corrected chi connectivity index (χ2v) is 5.70. The Labute approximate surface area is 131 Å². The number of likely N-dealkylation sites (N-methyl/N-ethyl adjacent to an activating group) is 1. The fraction of sp³-hybridized carbons (Fsp3) is 0.562. The summed E-state index contributed by atoms with van der Waals surface area (Å²) in [6.45, 7) is 4.22. The van der Waals surface area contributed by atoms with Crippen molar-refractivity contribution in [1.82, 2.24) is 9.80 Å². The first-order valence-corrected chi connectivity index (χ1v) is 7.51. The zero-order valence-corrected chi connectivity index (χ0v) is 13.3. The van der Waals surface area contributed by atoms with Crippen LogP contribution in [-0.4, -0.2) is 68.8 Å². The highest BCUT2D eigenvalue weighted by atomic mass is 16.5. The number of rotatable bonds is 7. The van der Waals surface area contributed by atoms with Gasteiger partial charge in [-0.05, 0) is 13.1 Å². The number of carbonyl (C=O) groups is 1. The average molecular weight is 307 g/mol. The van der Waals surface area contributed by atoms with Crippen molar-refractivity contribution in [2.24, 2.45) is 5.73 Å². The van der Waals surface area contributed by atoms with Gasteiger partial charge in [-0.2, -0.15) is 0 Å². The molecular formula is C16H25N3O3. The minimum absolute atomic E-state index is 0.0906. The Kier molecular flexibility index (Phi) is 6.18. The lowest BCUT2D eigenvalue weighted by Crippen LogP contribution is -2.47. The first kappa shape index (κ1) is 16.7. The number of benzene rings is 1. The Balaban J connectivity index is 1.89. The van der Waals surface area contributed by atoms with Crippen molar-refractivity contribution in [3.8, 4) is 5.75 Å². The first-order chi connectivity index (χ1) is 10.6. The van der Waals surface area contributed by atoms with E-state index in [2.05, 4.69) is 11.0 Å². The summed E-state index contributed by atoms with van der Waals surface area (Å²) in [6.07, 6.45) is 0.0906. The van der Waals surface area contributed by atoms with Gasteiger partial charge >= 0.3 is 0 Å². The van der Waals surface area contributed by atoms with Crippen molar-refractivity contribution in [3.05, 3.63) is 29.8 Å². The molecule has 1 unspecified atom stereocenters. The molecule has 6 heteroatoms. The van der Waals surface area contributed by atoms with Gasteiger partial charge < -0.3 is 15.2 Å². The van der Waals surface area contributed by atoms with Crippen LogP contribution in [0.15, 0.2) is 24.3 Å². The third kappa shape index (κ3) is 4.98. The highest BCUT2D eigenvalue weighted by Gasteiger charge is 2.22. The standard InChI is InChI=1S/C16H25N3O3/c1-18(12-16(17)20)10-14-11-19(7-8-22-14)9-13-5-3-4-6-15(13)21-2/h3-6,14H,7-12H2,1-2H3,(H2,17,20). The van der Waals surface area contributed by atoms with E-state index < -0.39 is 0 Å². The van der Waals surface area contributed by atoms with Gasteiger partial charge in [0.1, 0.15) is 5.75 Å². The predicted molar refractivity (Wildman–Crippen MR) is 84.7 cm³/mol. The Morgan fingerprint density at radius 3 is 3.00 bits per heavy atom. The minimum Gasteiger partial charge on any atom is -0.496 e. The molecule has 1 saturated heterocycles. The molecule has 1 aliphatic rings. The maximum Gasteiger partial charge on any atom is 0.231 e. The molecule has 0 aliphatic carbocycles. The average Bonchev–Trinajstić information content (AvgIpc) is 2.47. The summed E-state index contributed by atoms with van der Waals surface area (Å²) in [4.78, 5) is 15.2. The number of nitrogens with two attached hydrogens (primary N) is 1. The SMILES string of the molecule is COc1ccccc1CN1CCOC(CN(C)CC(N)=O)C1. The molecule has 2 N–H and O–H groups in total. The van der Waals surface area contributed by atoms with Crippen LogP contribution >= 0.6 is 0 Å². The van der Waals surface area contributed by atoms with Crippen molar-refractivity contribution in [2.75, 3.05) is 46.9 Å². The molecule has 1 fully saturated rings. The molecule has 0 aromatic heterocycles. The largest absolute Gasteiger partial charge is 0.496 e. The third-order valence-electron chi connectivity index (χ3n) is 3.75. The number of carbonyl (C=O) groups excluding carboxylic acids is 1. The maximum absolute atomic E-state index is 10.9. The monoisotopic (exact) mass is 307 g/mol. The molecule has 0 saturated carbocycles. The van der Waals surface area contributed by atoms with Gasteiger partial charge in [-0.15, -0.1) is 0 Å². The second kappa shape index (κ2) is 8.12. The van der Waals surface area contributed by atoms with Gasteiger partial charge in [-0.3, -0.25) is 14.6 Å². The van der Waals surface area contributed by atoms with Crippen molar-refractivity contribution >= 4 is 5.91 Å². The van der Waals surface area contributed by atoms with Crippen LogP contribution in [0.1, 0.15) is 5.56 Å². The fourth-order valence-electron chi connectivity index (χ4n) is 2.79. The van der Waals surface area contributed by atoms with E-state index in [0.717, 1.165) is 25.4 Å². The summed E-state index contributed by atoms with van der Waals surface area (Å²) in [7, 11) is 3.58.